The molecule has 142 valence electrons. The molecule has 0 atom stereocenters. The minimum Gasteiger partial charge on any atom is -0.401 e. The molecule has 0 fully saturated rings. The van der Waals surface area contributed by atoms with Crippen LogP contribution in [0.25, 0.3) is 10.9 Å². The van der Waals surface area contributed by atoms with E-state index in [4.69, 9.17) is 15.7 Å². The number of nitrogens with zero attached hydrogens (tertiary/aromatic N) is 3. The topological polar surface area (TPSA) is 111 Å². The van der Waals surface area contributed by atoms with Crippen molar-refractivity contribution < 1.29 is 9.53 Å². The third-order valence-corrected chi connectivity index (χ3v) is 4.79. The molecule has 1 aromatic carbocycles. The summed E-state index contributed by atoms with van der Waals surface area (Å²) in [5.74, 6) is -0.404. The van der Waals surface area contributed by atoms with Crippen molar-refractivity contribution in [3.8, 4) is 6.07 Å². The summed E-state index contributed by atoms with van der Waals surface area (Å²) in [5.41, 5.74) is 6.12. The van der Waals surface area contributed by atoms with Gasteiger partial charge in [-0.05, 0) is 32.4 Å². The number of carbonyl (C=O) groups excluding carboxylic acids is 1. The molecule has 0 saturated carbocycles. The summed E-state index contributed by atoms with van der Waals surface area (Å²) >= 11 is 1.13. The number of nitrogens with two attached hydrogens (primary N) is 1. The van der Waals surface area contributed by atoms with E-state index in [2.05, 4.69) is 4.98 Å². The summed E-state index contributed by atoms with van der Waals surface area (Å²) in [6.07, 6.45) is 0.653. The number of allylic oxidation sites excluding steroid dienone is 2. The number of Topliss-reactive ketones (excluding diaryl/α,β-unsaturated/α-hetero) is 1. The smallest absolute Gasteiger partial charge is 0.262 e. The fourth-order valence-corrected chi connectivity index (χ4v) is 3.39. The molecular weight excluding hydrogens is 364 g/mol. The van der Waals surface area contributed by atoms with E-state index in [1.54, 1.807) is 22.8 Å². The van der Waals surface area contributed by atoms with Gasteiger partial charge in [0.05, 0.1) is 16.7 Å². The third-order valence-electron chi connectivity index (χ3n) is 3.82. The third kappa shape index (κ3) is 5.18. The Kier molecular flexibility index (Phi) is 7.58. The zero-order valence-electron chi connectivity index (χ0n) is 15.4. The van der Waals surface area contributed by atoms with E-state index in [0.29, 0.717) is 42.2 Å². The molecule has 2 aromatic rings. The average molecular weight is 386 g/mol. The lowest BCUT2D eigenvalue weighted by molar-refractivity contribution is -0.112. The van der Waals surface area contributed by atoms with Gasteiger partial charge in [0.2, 0.25) is 0 Å². The Morgan fingerprint density at radius 1 is 1.41 bits per heavy atom. The normalized spacial score (nSPS) is 11.9. The van der Waals surface area contributed by atoms with E-state index in [9.17, 15) is 9.59 Å². The number of fused-ring (bicyclic) bond motifs is 1. The Balaban J connectivity index is 2.33. The van der Waals surface area contributed by atoms with Crippen molar-refractivity contribution in [2.24, 2.45) is 5.73 Å². The molecule has 0 bridgehead atoms. The highest BCUT2D eigenvalue weighted by molar-refractivity contribution is 7.99. The van der Waals surface area contributed by atoms with Crippen LogP contribution in [-0.4, -0.2) is 34.3 Å². The second kappa shape index (κ2) is 9.90. The van der Waals surface area contributed by atoms with Gasteiger partial charge in [-0.1, -0.05) is 23.9 Å². The number of para-hydroxylation sites is 1. The monoisotopic (exact) mass is 386 g/mol. The van der Waals surface area contributed by atoms with Gasteiger partial charge in [0.15, 0.2) is 10.9 Å². The lowest BCUT2D eigenvalue weighted by atomic mass is 10.2. The van der Waals surface area contributed by atoms with Gasteiger partial charge in [-0.3, -0.25) is 14.2 Å². The van der Waals surface area contributed by atoms with Crippen molar-refractivity contribution in [1.82, 2.24) is 9.55 Å². The molecule has 0 aliphatic heterocycles. The summed E-state index contributed by atoms with van der Waals surface area (Å²) in [6, 6.07) is 8.92. The lowest BCUT2D eigenvalue weighted by Crippen LogP contribution is -2.24. The number of benzene rings is 1. The van der Waals surface area contributed by atoms with Crippen LogP contribution in [0.4, 0.5) is 0 Å². The highest BCUT2D eigenvalue weighted by Gasteiger charge is 2.16. The molecule has 27 heavy (non-hydrogen) atoms. The van der Waals surface area contributed by atoms with Gasteiger partial charge in [-0.25, -0.2) is 4.98 Å². The first kappa shape index (κ1) is 20.7. The molecule has 0 spiro atoms. The molecule has 1 aromatic heterocycles. The second-order valence-electron chi connectivity index (χ2n) is 5.80. The van der Waals surface area contributed by atoms with Crippen molar-refractivity contribution in [3.63, 3.8) is 0 Å². The summed E-state index contributed by atoms with van der Waals surface area (Å²) in [5, 5.41) is 10.0. The van der Waals surface area contributed by atoms with E-state index in [1.807, 2.05) is 19.1 Å². The van der Waals surface area contributed by atoms with Gasteiger partial charge in [0, 0.05) is 25.5 Å². The fraction of sp³-hybridized carbons (Fsp3) is 0.368. The molecule has 0 saturated heterocycles. The van der Waals surface area contributed by atoms with Gasteiger partial charge in [0.1, 0.15) is 11.6 Å². The van der Waals surface area contributed by atoms with Crippen LogP contribution in [0.15, 0.2) is 45.5 Å². The quantitative estimate of drug-likeness (QED) is 0.231. The largest absolute Gasteiger partial charge is 0.401 e. The molecule has 7 nitrogen and oxygen atoms in total. The zero-order chi connectivity index (χ0) is 19.8. The summed E-state index contributed by atoms with van der Waals surface area (Å²) in [6.45, 7) is 5.01. The molecule has 2 N–H and O–H groups in total. The predicted octanol–water partition coefficient (Wildman–Crippen LogP) is 2.24. The van der Waals surface area contributed by atoms with E-state index in [0.717, 1.165) is 11.8 Å². The van der Waals surface area contributed by atoms with Crippen LogP contribution in [0.3, 0.4) is 0 Å². The van der Waals surface area contributed by atoms with Gasteiger partial charge in [-0.2, -0.15) is 5.26 Å². The number of hydrogen-bond donors (Lipinski definition) is 1. The van der Waals surface area contributed by atoms with Crippen LogP contribution in [-0.2, 0) is 16.1 Å². The van der Waals surface area contributed by atoms with Crippen molar-refractivity contribution in [2.75, 3.05) is 19.0 Å². The Labute approximate surface area is 161 Å². The number of ketones is 1. The summed E-state index contributed by atoms with van der Waals surface area (Å²) in [4.78, 5) is 29.6. The molecule has 1 heterocycles. The van der Waals surface area contributed by atoms with Crippen molar-refractivity contribution in [2.45, 2.75) is 32.0 Å². The van der Waals surface area contributed by atoms with Crippen LogP contribution >= 0.6 is 11.8 Å². The number of ether oxygens (including phenoxy) is 1. The standard InChI is InChI=1S/C19H22N4O3S/c1-3-26-10-6-9-23-18(25)14-7-4-5-8-16(14)22-19(23)27-12-17(24)15(11-20)13(2)21/h4-5,7-8H,3,6,9-10,12,21H2,1-2H3/b15-13+. The minimum atomic E-state index is -0.384. The zero-order valence-corrected chi connectivity index (χ0v) is 16.2. The number of thioether (sulfide) groups is 1. The number of rotatable bonds is 9. The molecule has 0 radical (unpaired) electrons. The second-order valence-corrected chi connectivity index (χ2v) is 6.74. The number of aromatic nitrogens is 2. The van der Waals surface area contributed by atoms with Crippen molar-refractivity contribution in [3.05, 3.63) is 45.9 Å². The first-order valence-corrected chi connectivity index (χ1v) is 9.57. The van der Waals surface area contributed by atoms with E-state index in [1.165, 1.54) is 6.92 Å². The summed E-state index contributed by atoms with van der Waals surface area (Å²) < 4.78 is 6.90. The van der Waals surface area contributed by atoms with E-state index in [-0.39, 0.29) is 28.4 Å². The molecule has 8 heteroatoms. The molecule has 0 unspecified atom stereocenters. The fourth-order valence-electron chi connectivity index (χ4n) is 2.50. The van der Waals surface area contributed by atoms with Crippen LogP contribution in [0.5, 0.6) is 0 Å². The molecule has 0 amide bonds. The van der Waals surface area contributed by atoms with Gasteiger partial charge in [-0.15, -0.1) is 0 Å². The van der Waals surface area contributed by atoms with Crippen LogP contribution in [0.1, 0.15) is 20.3 Å². The number of nitriles is 1. The number of carbonyl (C=O) groups is 1. The lowest BCUT2D eigenvalue weighted by Gasteiger charge is -2.13. The highest BCUT2D eigenvalue weighted by atomic mass is 32.2. The van der Waals surface area contributed by atoms with Crippen LogP contribution < -0.4 is 11.3 Å². The molecule has 0 aliphatic rings. The molecule has 2 rings (SSSR count). The highest BCUT2D eigenvalue weighted by Crippen LogP contribution is 2.19. The Hall–Kier alpha value is -2.63. The maximum absolute atomic E-state index is 12.9. The molecule has 0 aliphatic carbocycles. The first-order chi connectivity index (χ1) is 13.0. The minimum absolute atomic E-state index is 0.0202. The van der Waals surface area contributed by atoms with Crippen molar-refractivity contribution in [1.29, 1.82) is 5.26 Å². The first-order valence-electron chi connectivity index (χ1n) is 8.59. The predicted molar refractivity (Wildman–Crippen MR) is 105 cm³/mol. The SMILES string of the molecule is CCOCCCn1c(SCC(=O)/C(C#N)=C(\C)N)nc2ccccc2c1=O. The Bertz CT molecular complexity index is 956. The van der Waals surface area contributed by atoms with Gasteiger partial charge in [0.25, 0.3) is 5.56 Å². The molecular formula is C19H22N4O3S. The summed E-state index contributed by atoms with van der Waals surface area (Å²) in [7, 11) is 0. The Morgan fingerprint density at radius 3 is 2.81 bits per heavy atom. The maximum Gasteiger partial charge on any atom is 0.262 e. The van der Waals surface area contributed by atoms with Crippen LogP contribution in [0.2, 0.25) is 0 Å². The van der Waals surface area contributed by atoms with Crippen LogP contribution in [0, 0.1) is 11.3 Å². The number of hydrogen-bond acceptors (Lipinski definition) is 7. The average Bonchev–Trinajstić information content (AvgIpc) is 2.65. The maximum atomic E-state index is 12.9. The van der Waals surface area contributed by atoms with Gasteiger partial charge < -0.3 is 10.5 Å². The Morgan fingerprint density at radius 2 is 2.15 bits per heavy atom. The van der Waals surface area contributed by atoms with E-state index < -0.39 is 0 Å². The van der Waals surface area contributed by atoms with Gasteiger partial charge >= 0.3 is 0 Å². The van der Waals surface area contributed by atoms with Crippen molar-refractivity contribution >= 4 is 28.4 Å². The van der Waals surface area contributed by atoms with E-state index >= 15 is 0 Å².